The molecule has 24 heavy (non-hydrogen) atoms. The summed E-state index contributed by atoms with van der Waals surface area (Å²) >= 11 is 0. The summed E-state index contributed by atoms with van der Waals surface area (Å²) in [5, 5.41) is 3.20. The number of likely N-dealkylation sites (N-methyl/N-ethyl adjacent to an activating group) is 1. The Bertz CT molecular complexity index is 534. The fourth-order valence-electron chi connectivity index (χ4n) is 3.00. The Morgan fingerprint density at radius 1 is 1.33 bits per heavy atom. The first-order valence-corrected chi connectivity index (χ1v) is 7.93. The number of amides is 1. The van der Waals surface area contributed by atoms with E-state index in [2.05, 4.69) is 5.32 Å². The molecule has 1 aromatic rings. The molecule has 1 aliphatic heterocycles. The fraction of sp³-hybridized carbons (Fsp3) is 0.588. The molecule has 136 valence electrons. The van der Waals surface area contributed by atoms with Crippen LogP contribution in [0.15, 0.2) is 24.3 Å². The third kappa shape index (κ3) is 5.38. The van der Waals surface area contributed by atoms with Crippen LogP contribution in [0.5, 0.6) is 0 Å². The SMILES string of the molecule is CNC1CCCN(C(=O)C(C)Cc2ccc(C(F)(F)F)cc2)C1.Cl. The molecule has 0 bridgehead atoms. The summed E-state index contributed by atoms with van der Waals surface area (Å²) in [7, 11) is 1.89. The van der Waals surface area contributed by atoms with Crippen molar-refractivity contribution in [3.05, 3.63) is 35.4 Å². The second-order valence-electron chi connectivity index (χ2n) is 6.21. The standard InChI is InChI=1S/C17H23F3N2O.ClH/c1-12(16(23)22-9-3-4-15(11-22)21-2)10-13-5-7-14(8-6-13)17(18,19)20;/h5-8,12,15,21H,3-4,9-11H2,1-2H3;1H. The monoisotopic (exact) mass is 364 g/mol. The van der Waals surface area contributed by atoms with E-state index in [1.807, 2.05) is 18.9 Å². The zero-order chi connectivity index (χ0) is 17.0. The van der Waals surface area contributed by atoms with E-state index in [-0.39, 0.29) is 24.2 Å². The second kappa shape index (κ2) is 8.72. The molecule has 0 aromatic heterocycles. The van der Waals surface area contributed by atoms with Crippen LogP contribution in [-0.4, -0.2) is 37.0 Å². The predicted molar refractivity (Wildman–Crippen MR) is 90.2 cm³/mol. The van der Waals surface area contributed by atoms with Crippen molar-refractivity contribution in [2.45, 2.75) is 38.4 Å². The Balaban J connectivity index is 0.00000288. The highest BCUT2D eigenvalue weighted by molar-refractivity contribution is 5.85. The van der Waals surface area contributed by atoms with Crippen molar-refractivity contribution in [3.63, 3.8) is 0 Å². The van der Waals surface area contributed by atoms with E-state index in [4.69, 9.17) is 0 Å². The van der Waals surface area contributed by atoms with Crippen LogP contribution >= 0.6 is 12.4 Å². The van der Waals surface area contributed by atoms with Gasteiger partial charge in [-0.15, -0.1) is 12.4 Å². The first-order valence-electron chi connectivity index (χ1n) is 7.93. The van der Waals surface area contributed by atoms with Crippen molar-refractivity contribution in [1.82, 2.24) is 10.2 Å². The molecular formula is C17H24ClF3N2O. The predicted octanol–water partition coefficient (Wildman–Crippen LogP) is 3.52. The fourth-order valence-corrected chi connectivity index (χ4v) is 3.00. The molecule has 0 spiro atoms. The summed E-state index contributed by atoms with van der Waals surface area (Å²) in [6, 6.07) is 5.39. The van der Waals surface area contributed by atoms with E-state index >= 15 is 0 Å². The first-order chi connectivity index (χ1) is 10.8. The number of halogens is 4. The van der Waals surface area contributed by atoms with Crippen molar-refractivity contribution in [1.29, 1.82) is 0 Å². The summed E-state index contributed by atoms with van der Waals surface area (Å²) in [4.78, 5) is 14.4. The van der Waals surface area contributed by atoms with Gasteiger partial charge in [0.1, 0.15) is 0 Å². The maximum absolute atomic E-state index is 12.6. The first kappa shape index (κ1) is 20.8. The average Bonchev–Trinajstić information content (AvgIpc) is 2.53. The number of nitrogens with zero attached hydrogens (tertiary/aromatic N) is 1. The van der Waals surface area contributed by atoms with Crippen LogP contribution in [0.4, 0.5) is 13.2 Å². The highest BCUT2D eigenvalue weighted by Crippen LogP contribution is 2.29. The number of carbonyl (C=O) groups excluding carboxylic acids is 1. The minimum atomic E-state index is -4.32. The molecule has 1 aromatic carbocycles. The van der Waals surface area contributed by atoms with Gasteiger partial charge in [0.05, 0.1) is 5.56 Å². The van der Waals surface area contributed by atoms with Gasteiger partial charge in [-0.2, -0.15) is 13.2 Å². The van der Waals surface area contributed by atoms with Gasteiger partial charge in [0.2, 0.25) is 5.91 Å². The minimum Gasteiger partial charge on any atom is -0.341 e. The number of benzene rings is 1. The van der Waals surface area contributed by atoms with Gasteiger partial charge in [-0.3, -0.25) is 4.79 Å². The molecular weight excluding hydrogens is 341 g/mol. The lowest BCUT2D eigenvalue weighted by Gasteiger charge is -2.34. The minimum absolute atomic E-state index is 0. The molecule has 2 rings (SSSR count). The summed E-state index contributed by atoms with van der Waals surface area (Å²) in [5.74, 6) is -0.160. The number of alkyl halides is 3. The Morgan fingerprint density at radius 3 is 2.50 bits per heavy atom. The second-order valence-corrected chi connectivity index (χ2v) is 6.21. The average molecular weight is 365 g/mol. The third-order valence-electron chi connectivity index (χ3n) is 4.39. The van der Waals surface area contributed by atoms with Gasteiger partial charge in [0.25, 0.3) is 0 Å². The van der Waals surface area contributed by atoms with Crippen LogP contribution in [0.3, 0.4) is 0 Å². The largest absolute Gasteiger partial charge is 0.416 e. The number of likely N-dealkylation sites (tertiary alicyclic amines) is 1. The number of nitrogens with one attached hydrogen (secondary N) is 1. The molecule has 2 unspecified atom stereocenters. The molecule has 1 heterocycles. The van der Waals surface area contributed by atoms with Crippen molar-refractivity contribution < 1.29 is 18.0 Å². The Labute approximate surface area is 147 Å². The smallest absolute Gasteiger partial charge is 0.341 e. The third-order valence-corrected chi connectivity index (χ3v) is 4.39. The molecule has 2 atom stereocenters. The van der Waals surface area contributed by atoms with Gasteiger partial charge >= 0.3 is 6.18 Å². The molecule has 1 aliphatic rings. The summed E-state index contributed by atoms with van der Waals surface area (Å²) in [5.41, 5.74) is 0.0918. The van der Waals surface area contributed by atoms with Crippen LogP contribution in [0, 0.1) is 5.92 Å². The number of piperidine rings is 1. The Morgan fingerprint density at radius 2 is 1.96 bits per heavy atom. The molecule has 1 N–H and O–H groups in total. The lowest BCUT2D eigenvalue weighted by molar-refractivity contribution is -0.138. The normalized spacial score (nSPS) is 19.5. The van der Waals surface area contributed by atoms with Crippen LogP contribution in [-0.2, 0) is 17.4 Å². The lowest BCUT2D eigenvalue weighted by Crippen LogP contribution is -2.48. The zero-order valence-corrected chi connectivity index (χ0v) is 14.7. The number of hydrogen-bond acceptors (Lipinski definition) is 2. The topological polar surface area (TPSA) is 32.3 Å². The van der Waals surface area contributed by atoms with Crippen LogP contribution < -0.4 is 5.32 Å². The quantitative estimate of drug-likeness (QED) is 0.886. The molecule has 1 fully saturated rings. The van der Waals surface area contributed by atoms with Gasteiger partial charge in [0.15, 0.2) is 0 Å². The molecule has 0 radical (unpaired) electrons. The molecule has 0 aliphatic carbocycles. The zero-order valence-electron chi connectivity index (χ0n) is 13.9. The van der Waals surface area contributed by atoms with E-state index in [1.54, 1.807) is 0 Å². The van der Waals surface area contributed by atoms with E-state index < -0.39 is 11.7 Å². The summed E-state index contributed by atoms with van der Waals surface area (Å²) < 4.78 is 37.7. The van der Waals surface area contributed by atoms with Crippen LogP contribution in [0.25, 0.3) is 0 Å². The molecule has 3 nitrogen and oxygen atoms in total. The van der Waals surface area contributed by atoms with Gasteiger partial charge in [-0.1, -0.05) is 19.1 Å². The van der Waals surface area contributed by atoms with Crippen molar-refractivity contribution in [3.8, 4) is 0 Å². The van der Waals surface area contributed by atoms with Crippen molar-refractivity contribution in [2.24, 2.45) is 5.92 Å². The Kier molecular flexibility index (Phi) is 7.55. The lowest BCUT2D eigenvalue weighted by atomic mass is 9.97. The highest BCUT2D eigenvalue weighted by Gasteiger charge is 2.30. The van der Waals surface area contributed by atoms with Crippen LogP contribution in [0.2, 0.25) is 0 Å². The summed E-state index contributed by atoms with van der Waals surface area (Å²) in [6.45, 7) is 3.30. The number of hydrogen-bond donors (Lipinski definition) is 1. The van der Waals surface area contributed by atoms with E-state index in [0.717, 1.165) is 37.1 Å². The Hall–Kier alpha value is -1.27. The van der Waals surface area contributed by atoms with Gasteiger partial charge in [-0.25, -0.2) is 0 Å². The van der Waals surface area contributed by atoms with Crippen LogP contribution in [0.1, 0.15) is 30.9 Å². The molecule has 7 heteroatoms. The van der Waals surface area contributed by atoms with Crippen molar-refractivity contribution in [2.75, 3.05) is 20.1 Å². The number of rotatable bonds is 4. The highest BCUT2D eigenvalue weighted by atomic mass is 35.5. The van der Waals surface area contributed by atoms with Gasteiger partial charge < -0.3 is 10.2 Å². The van der Waals surface area contributed by atoms with Gasteiger partial charge in [-0.05, 0) is 44.0 Å². The summed E-state index contributed by atoms with van der Waals surface area (Å²) in [6.07, 6.45) is -1.83. The maximum Gasteiger partial charge on any atom is 0.416 e. The van der Waals surface area contributed by atoms with E-state index in [0.29, 0.717) is 19.0 Å². The molecule has 1 amide bonds. The maximum atomic E-state index is 12.6. The van der Waals surface area contributed by atoms with Gasteiger partial charge in [0, 0.05) is 25.0 Å². The molecule has 0 saturated carbocycles. The van der Waals surface area contributed by atoms with Crippen molar-refractivity contribution >= 4 is 18.3 Å². The number of carbonyl (C=O) groups is 1. The van der Waals surface area contributed by atoms with E-state index in [9.17, 15) is 18.0 Å². The molecule has 1 saturated heterocycles. The van der Waals surface area contributed by atoms with E-state index in [1.165, 1.54) is 12.1 Å².